The number of carbonyl (C=O) groups excluding carboxylic acids is 1. The number of hydrogen-bond donors (Lipinski definition) is 1. The van der Waals surface area contributed by atoms with Crippen molar-refractivity contribution in [2.24, 2.45) is 0 Å². The summed E-state index contributed by atoms with van der Waals surface area (Å²) < 4.78 is 5.30. The van der Waals surface area contributed by atoms with Gasteiger partial charge in [0.1, 0.15) is 0 Å². The zero-order valence-corrected chi connectivity index (χ0v) is 15.7. The summed E-state index contributed by atoms with van der Waals surface area (Å²) in [6.07, 6.45) is 6.83. The van der Waals surface area contributed by atoms with Gasteiger partial charge in [-0.15, -0.1) is 0 Å². The summed E-state index contributed by atoms with van der Waals surface area (Å²) >= 11 is 0. The number of nitrogens with zero attached hydrogens (tertiary/aromatic N) is 2. The number of piperidine rings is 1. The molecule has 3 heterocycles. The van der Waals surface area contributed by atoms with Crippen molar-refractivity contribution in [2.45, 2.75) is 38.3 Å². The van der Waals surface area contributed by atoms with Gasteiger partial charge in [0.15, 0.2) is 0 Å². The maximum absolute atomic E-state index is 12.3. The average molecular weight is 365 g/mol. The van der Waals surface area contributed by atoms with Gasteiger partial charge in [0, 0.05) is 30.5 Å². The molecule has 0 unspecified atom stereocenters. The Kier molecular flexibility index (Phi) is 5.80. The Morgan fingerprint density at radius 2 is 1.93 bits per heavy atom. The molecule has 2 saturated heterocycles. The topological polar surface area (TPSA) is 54.5 Å². The van der Waals surface area contributed by atoms with Crippen LogP contribution in [0, 0.1) is 0 Å². The Labute approximate surface area is 160 Å². The van der Waals surface area contributed by atoms with Crippen LogP contribution < -0.4 is 5.32 Å². The van der Waals surface area contributed by atoms with Gasteiger partial charge < -0.3 is 10.1 Å². The van der Waals surface area contributed by atoms with E-state index >= 15 is 0 Å². The zero-order chi connectivity index (χ0) is 18.5. The molecule has 1 atom stereocenters. The van der Waals surface area contributed by atoms with Gasteiger partial charge in [-0.2, -0.15) is 0 Å². The van der Waals surface area contributed by atoms with E-state index in [0.29, 0.717) is 12.2 Å². The van der Waals surface area contributed by atoms with Crippen LogP contribution in [0.5, 0.6) is 0 Å². The second kappa shape index (κ2) is 8.63. The smallest absolute Gasteiger partial charge is 0.251 e. The molecule has 1 aromatic heterocycles. The molecule has 0 radical (unpaired) electrons. The normalized spacial score (nSPS) is 20.5. The highest BCUT2D eigenvalue weighted by atomic mass is 16.5. The van der Waals surface area contributed by atoms with Gasteiger partial charge in [0.05, 0.1) is 18.3 Å². The molecule has 142 valence electrons. The number of likely N-dealkylation sites (tertiary alicyclic amines) is 1. The SMILES string of the molecule is O=C(N[C@H]1CCOC1)c1ccc(-c2ccc(CN3CCCCC3)cn2)cc1. The molecule has 5 nitrogen and oxygen atoms in total. The molecule has 4 rings (SSSR count). The number of amides is 1. The van der Waals surface area contributed by atoms with Crippen LogP contribution in [0.1, 0.15) is 41.6 Å². The maximum atomic E-state index is 12.3. The molecule has 0 spiro atoms. The molecule has 0 aliphatic carbocycles. The van der Waals surface area contributed by atoms with Crippen molar-refractivity contribution < 1.29 is 9.53 Å². The van der Waals surface area contributed by atoms with Gasteiger partial charge in [-0.3, -0.25) is 14.7 Å². The van der Waals surface area contributed by atoms with Crippen LogP contribution in [0.25, 0.3) is 11.3 Å². The van der Waals surface area contributed by atoms with Crippen molar-refractivity contribution in [2.75, 3.05) is 26.3 Å². The predicted molar refractivity (Wildman–Crippen MR) is 105 cm³/mol. The van der Waals surface area contributed by atoms with Crippen LogP contribution in [0.2, 0.25) is 0 Å². The fraction of sp³-hybridized carbons (Fsp3) is 0.455. The quantitative estimate of drug-likeness (QED) is 0.884. The lowest BCUT2D eigenvalue weighted by Gasteiger charge is -2.26. The minimum Gasteiger partial charge on any atom is -0.379 e. The van der Waals surface area contributed by atoms with Gasteiger partial charge in [0.2, 0.25) is 0 Å². The van der Waals surface area contributed by atoms with Crippen LogP contribution in [0.15, 0.2) is 42.6 Å². The third kappa shape index (κ3) is 4.73. The summed E-state index contributed by atoms with van der Waals surface area (Å²) in [5.41, 5.74) is 3.90. The first-order chi connectivity index (χ1) is 13.3. The van der Waals surface area contributed by atoms with Gasteiger partial charge in [-0.1, -0.05) is 24.6 Å². The van der Waals surface area contributed by atoms with Crippen LogP contribution in [-0.2, 0) is 11.3 Å². The first-order valence-electron chi connectivity index (χ1n) is 9.94. The molecular formula is C22H27N3O2. The van der Waals surface area contributed by atoms with E-state index in [4.69, 9.17) is 4.74 Å². The maximum Gasteiger partial charge on any atom is 0.251 e. The van der Waals surface area contributed by atoms with Crippen molar-refractivity contribution in [1.29, 1.82) is 0 Å². The van der Waals surface area contributed by atoms with Crippen LogP contribution in [-0.4, -0.2) is 48.1 Å². The molecule has 0 saturated carbocycles. The highest BCUT2D eigenvalue weighted by Crippen LogP contribution is 2.19. The molecule has 2 aliphatic rings. The van der Waals surface area contributed by atoms with E-state index in [-0.39, 0.29) is 11.9 Å². The molecule has 1 amide bonds. The Hall–Kier alpha value is -2.24. The van der Waals surface area contributed by atoms with Crippen molar-refractivity contribution >= 4 is 5.91 Å². The van der Waals surface area contributed by atoms with E-state index in [9.17, 15) is 4.79 Å². The lowest BCUT2D eigenvalue weighted by Crippen LogP contribution is -2.34. The van der Waals surface area contributed by atoms with Crippen molar-refractivity contribution in [1.82, 2.24) is 15.2 Å². The first kappa shape index (κ1) is 18.1. The molecule has 5 heteroatoms. The number of hydrogen-bond acceptors (Lipinski definition) is 4. The van der Waals surface area contributed by atoms with Gasteiger partial charge in [-0.25, -0.2) is 0 Å². The monoisotopic (exact) mass is 365 g/mol. The predicted octanol–water partition coefficient (Wildman–Crippen LogP) is 3.25. The van der Waals surface area contributed by atoms with E-state index in [1.807, 2.05) is 30.5 Å². The lowest BCUT2D eigenvalue weighted by atomic mass is 10.1. The highest BCUT2D eigenvalue weighted by Gasteiger charge is 2.18. The molecule has 27 heavy (non-hydrogen) atoms. The molecular weight excluding hydrogens is 338 g/mol. The van der Waals surface area contributed by atoms with Gasteiger partial charge >= 0.3 is 0 Å². The summed E-state index contributed by atoms with van der Waals surface area (Å²) in [6, 6.07) is 12.0. The van der Waals surface area contributed by atoms with E-state index in [1.165, 1.54) is 37.9 Å². The molecule has 2 aromatic rings. The summed E-state index contributed by atoms with van der Waals surface area (Å²) in [5, 5.41) is 3.02. The van der Waals surface area contributed by atoms with Crippen molar-refractivity contribution in [3.05, 3.63) is 53.7 Å². The number of pyridine rings is 1. The Morgan fingerprint density at radius 1 is 1.11 bits per heavy atom. The standard InChI is InChI=1S/C22H27N3O2/c26-22(24-20-10-13-27-16-20)19-7-5-18(6-8-19)21-9-4-17(14-23-21)15-25-11-2-1-3-12-25/h4-9,14,20H,1-3,10-13,15-16H2,(H,24,26)/t20-/m0/s1. The highest BCUT2D eigenvalue weighted by molar-refractivity contribution is 5.94. The Bertz CT molecular complexity index is 746. The minimum atomic E-state index is -0.0399. The van der Waals surface area contributed by atoms with Crippen LogP contribution in [0.3, 0.4) is 0 Å². The number of aromatic nitrogens is 1. The second-order valence-electron chi connectivity index (χ2n) is 7.50. The number of nitrogens with one attached hydrogen (secondary N) is 1. The summed E-state index contributed by atoms with van der Waals surface area (Å²) in [5.74, 6) is -0.0399. The zero-order valence-electron chi connectivity index (χ0n) is 15.7. The second-order valence-corrected chi connectivity index (χ2v) is 7.50. The third-order valence-corrected chi connectivity index (χ3v) is 5.39. The molecule has 0 bridgehead atoms. The largest absolute Gasteiger partial charge is 0.379 e. The van der Waals surface area contributed by atoms with Gasteiger partial charge in [-0.05, 0) is 56.1 Å². The Balaban J connectivity index is 1.37. The van der Waals surface area contributed by atoms with E-state index < -0.39 is 0 Å². The number of carbonyl (C=O) groups is 1. The number of ether oxygens (including phenoxy) is 1. The van der Waals surface area contributed by atoms with E-state index in [0.717, 1.165) is 30.8 Å². The fourth-order valence-electron chi connectivity index (χ4n) is 3.77. The van der Waals surface area contributed by atoms with E-state index in [1.54, 1.807) is 0 Å². The summed E-state index contributed by atoms with van der Waals surface area (Å²) in [6.45, 7) is 4.70. The molecule has 1 aromatic carbocycles. The molecule has 1 N–H and O–H groups in total. The molecule has 2 aliphatic heterocycles. The Morgan fingerprint density at radius 3 is 2.59 bits per heavy atom. The van der Waals surface area contributed by atoms with E-state index in [2.05, 4.69) is 27.3 Å². The fourth-order valence-corrected chi connectivity index (χ4v) is 3.77. The lowest BCUT2D eigenvalue weighted by molar-refractivity contribution is 0.0930. The average Bonchev–Trinajstić information content (AvgIpc) is 3.22. The van der Waals surface area contributed by atoms with Gasteiger partial charge in [0.25, 0.3) is 5.91 Å². The summed E-state index contributed by atoms with van der Waals surface area (Å²) in [4.78, 5) is 19.4. The summed E-state index contributed by atoms with van der Waals surface area (Å²) in [7, 11) is 0. The first-order valence-corrected chi connectivity index (χ1v) is 9.94. The number of rotatable bonds is 5. The number of benzene rings is 1. The third-order valence-electron chi connectivity index (χ3n) is 5.39. The van der Waals surface area contributed by atoms with Crippen LogP contribution in [0.4, 0.5) is 0 Å². The van der Waals surface area contributed by atoms with Crippen molar-refractivity contribution in [3.63, 3.8) is 0 Å². The van der Waals surface area contributed by atoms with Crippen LogP contribution >= 0.6 is 0 Å². The molecule has 2 fully saturated rings. The minimum absolute atomic E-state index is 0.0399. The van der Waals surface area contributed by atoms with Crippen molar-refractivity contribution in [3.8, 4) is 11.3 Å².